The van der Waals surface area contributed by atoms with Crippen LogP contribution >= 0.6 is 0 Å². The summed E-state index contributed by atoms with van der Waals surface area (Å²) >= 11 is 0. The van der Waals surface area contributed by atoms with Crippen LogP contribution in [-0.2, 0) is 11.2 Å². The Kier molecular flexibility index (Phi) is 5.63. The van der Waals surface area contributed by atoms with Gasteiger partial charge in [0.25, 0.3) is 0 Å². The number of benzene rings is 1. The minimum Gasteiger partial charge on any atom is -0.385 e. The predicted octanol–water partition coefficient (Wildman–Crippen LogP) is 2.95. The minimum absolute atomic E-state index is 0.0864. The standard InChI is InChI=1S/C17H23O3/c1-12(2)9-13-5-7-14(8-6-13)16(20)15(19)10-17(3,4)11-18/h5-8,12,15,19H,9-10H2,1-4H3. The van der Waals surface area contributed by atoms with Crippen molar-refractivity contribution < 1.29 is 14.7 Å². The van der Waals surface area contributed by atoms with Gasteiger partial charge in [-0.15, -0.1) is 0 Å². The van der Waals surface area contributed by atoms with Gasteiger partial charge in [-0.05, 0) is 24.3 Å². The zero-order chi connectivity index (χ0) is 15.3. The van der Waals surface area contributed by atoms with E-state index in [1.54, 1.807) is 26.0 Å². The molecule has 0 saturated heterocycles. The van der Waals surface area contributed by atoms with E-state index in [4.69, 9.17) is 0 Å². The number of carbonyl (C=O) groups excluding carboxylic acids is 2. The smallest absolute Gasteiger partial charge is 0.204 e. The molecule has 0 aliphatic rings. The van der Waals surface area contributed by atoms with Crippen LogP contribution in [-0.4, -0.2) is 23.3 Å². The van der Waals surface area contributed by atoms with Crippen molar-refractivity contribution >= 4 is 12.1 Å². The Bertz CT molecular complexity index is 458. The van der Waals surface area contributed by atoms with Crippen LogP contribution in [0.2, 0.25) is 0 Å². The molecule has 1 atom stereocenters. The Morgan fingerprint density at radius 1 is 1.25 bits per heavy atom. The third-order valence-corrected chi connectivity index (χ3v) is 3.17. The van der Waals surface area contributed by atoms with Gasteiger partial charge in [-0.1, -0.05) is 52.0 Å². The molecule has 3 nitrogen and oxygen atoms in total. The van der Waals surface area contributed by atoms with E-state index in [1.165, 1.54) is 5.56 Å². The molecular weight excluding hydrogens is 252 g/mol. The highest BCUT2D eigenvalue weighted by Crippen LogP contribution is 2.21. The van der Waals surface area contributed by atoms with Crippen molar-refractivity contribution in [2.75, 3.05) is 0 Å². The predicted molar refractivity (Wildman–Crippen MR) is 79.4 cm³/mol. The summed E-state index contributed by atoms with van der Waals surface area (Å²) in [5, 5.41) is 9.92. The van der Waals surface area contributed by atoms with Gasteiger partial charge in [0.15, 0.2) is 5.78 Å². The van der Waals surface area contributed by atoms with Crippen molar-refractivity contribution in [2.24, 2.45) is 11.3 Å². The van der Waals surface area contributed by atoms with Crippen LogP contribution in [0.15, 0.2) is 24.3 Å². The molecule has 3 heteroatoms. The van der Waals surface area contributed by atoms with Crippen LogP contribution in [0.25, 0.3) is 0 Å². The van der Waals surface area contributed by atoms with Crippen LogP contribution in [0.4, 0.5) is 0 Å². The first kappa shape index (κ1) is 16.6. The Morgan fingerprint density at radius 3 is 2.25 bits per heavy atom. The van der Waals surface area contributed by atoms with E-state index >= 15 is 0 Å². The van der Waals surface area contributed by atoms with Crippen molar-refractivity contribution in [1.82, 2.24) is 0 Å². The van der Waals surface area contributed by atoms with E-state index < -0.39 is 11.5 Å². The van der Waals surface area contributed by atoms with Gasteiger partial charge in [-0.2, -0.15) is 0 Å². The van der Waals surface area contributed by atoms with Crippen LogP contribution < -0.4 is 0 Å². The Hall–Kier alpha value is -1.48. The molecule has 0 bridgehead atoms. The third kappa shape index (κ3) is 4.89. The second kappa shape index (κ2) is 6.80. The lowest BCUT2D eigenvalue weighted by atomic mass is 9.86. The lowest BCUT2D eigenvalue weighted by Crippen LogP contribution is -2.28. The van der Waals surface area contributed by atoms with Gasteiger partial charge in [-0.3, -0.25) is 9.59 Å². The number of aliphatic hydroxyl groups is 1. The molecule has 1 N–H and O–H groups in total. The number of Topliss-reactive ketones (excluding diaryl/α,β-unsaturated/α-hetero) is 1. The molecule has 0 aliphatic heterocycles. The zero-order valence-electron chi connectivity index (χ0n) is 12.6. The van der Waals surface area contributed by atoms with Crippen molar-refractivity contribution in [3.05, 3.63) is 35.4 Å². The van der Waals surface area contributed by atoms with Gasteiger partial charge in [0, 0.05) is 11.0 Å². The van der Waals surface area contributed by atoms with Gasteiger partial charge in [0.2, 0.25) is 6.29 Å². The Morgan fingerprint density at radius 2 is 1.80 bits per heavy atom. The molecule has 1 aromatic carbocycles. The number of rotatable bonds is 7. The molecule has 1 rings (SSSR count). The van der Waals surface area contributed by atoms with Crippen LogP contribution in [0, 0.1) is 11.3 Å². The summed E-state index contributed by atoms with van der Waals surface area (Å²) in [5.41, 5.74) is 0.839. The van der Waals surface area contributed by atoms with E-state index in [2.05, 4.69) is 13.8 Å². The number of hydrogen-bond donors (Lipinski definition) is 1. The fraction of sp³-hybridized carbons (Fsp3) is 0.529. The molecule has 0 aliphatic carbocycles. The van der Waals surface area contributed by atoms with Crippen molar-refractivity contribution in [2.45, 2.75) is 46.6 Å². The van der Waals surface area contributed by atoms with E-state index in [0.717, 1.165) is 6.42 Å². The van der Waals surface area contributed by atoms with Crippen molar-refractivity contribution in [1.29, 1.82) is 0 Å². The van der Waals surface area contributed by atoms with Gasteiger partial charge in [0.1, 0.15) is 6.10 Å². The molecule has 0 aromatic heterocycles. The summed E-state index contributed by atoms with van der Waals surface area (Å²) in [5.74, 6) is 0.218. The highest BCUT2D eigenvalue weighted by atomic mass is 16.3. The Balaban J connectivity index is 2.74. The highest BCUT2D eigenvalue weighted by Gasteiger charge is 2.27. The molecule has 1 aromatic rings. The zero-order valence-corrected chi connectivity index (χ0v) is 12.6. The monoisotopic (exact) mass is 275 g/mol. The molecule has 0 heterocycles. The van der Waals surface area contributed by atoms with Gasteiger partial charge in [0.05, 0.1) is 0 Å². The fourth-order valence-electron chi connectivity index (χ4n) is 2.09. The van der Waals surface area contributed by atoms with E-state index in [-0.39, 0.29) is 12.2 Å². The molecule has 0 spiro atoms. The molecule has 20 heavy (non-hydrogen) atoms. The van der Waals surface area contributed by atoms with Crippen LogP contribution in [0.1, 0.15) is 50.0 Å². The average Bonchev–Trinajstić information content (AvgIpc) is 2.37. The maximum Gasteiger partial charge on any atom is 0.204 e. The first-order valence-corrected chi connectivity index (χ1v) is 6.95. The maximum atomic E-state index is 12.1. The molecule has 0 saturated carbocycles. The summed E-state index contributed by atoms with van der Waals surface area (Å²) < 4.78 is 0. The first-order valence-electron chi connectivity index (χ1n) is 6.95. The van der Waals surface area contributed by atoms with Gasteiger partial charge >= 0.3 is 0 Å². The molecule has 109 valence electrons. The maximum absolute atomic E-state index is 12.1. The fourth-order valence-corrected chi connectivity index (χ4v) is 2.09. The lowest BCUT2D eigenvalue weighted by Gasteiger charge is -2.19. The third-order valence-electron chi connectivity index (χ3n) is 3.17. The highest BCUT2D eigenvalue weighted by molar-refractivity contribution is 5.99. The summed E-state index contributed by atoms with van der Waals surface area (Å²) in [6.45, 7) is 7.59. The average molecular weight is 275 g/mol. The van der Waals surface area contributed by atoms with Crippen molar-refractivity contribution in [3.8, 4) is 0 Å². The summed E-state index contributed by atoms with van der Waals surface area (Å²) in [6, 6.07) is 7.30. The van der Waals surface area contributed by atoms with E-state index in [0.29, 0.717) is 11.5 Å². The summed E-state index contributed by atoms with van der Waals surface area (Å²) in [7, 11) is 0. The number of hydrogen-bond acceptors (Lipinski definition) is 3. The SMILES string of the molecule is CC(C)Cc1ccc(C(=O)C(O)CC(C)(C)[C]=O)cc1. The van der Waals surface area contributed by atoms with Gasteiger partial charge < -0.3 is 5.11 Å². The second-order valence-electron chi connectivity index (χ2n) is 6.37. The van der Waals surface area contributed by atoms with Gasteiger partial charge in [-0.25, -0.2) is 0 Å². The summed E-state index contributed by atoms with van der Waals surface area (Å²) in [4.78, 5) is 22.8. The first-order chi connectivity index (χ1) is 9.25. The quantitative estimate of drug-likeness (QED) is 0.778. The summed E-state index contributed by atoms with van der Waals surface area (Å²) in [6.07, 6.45) is 1.73. The molecule has 0 fully saturated rings. The number of ketones is 1. The molecule has 1 unspecified atom stereocenters. The minimum atomic E-state index is -1.16. The van der Waals surface area contributed by atoms with Crippen LogP contribution in [0.5, 0.6) is 0 Å². The van der Waals surface area contributed by atoms with E-state index in [1.807, 2.05) is 18.4 Å². The molecular formula is C17H23O3. The Labute approximate surface area is 121 Å². The van der Waals surface area contributed by atoms with Crippen molar-refractivity contribution in [3.63, 3.8) is 0 Å². The van der Waals surface area contributed by atoms with Crippen LogP contribution in [0.3, 0.4) is 0 Å². The second-order valence-corrected chi connectivity index (χ2v) is 6.37. The number of aliphatic hydroxyl groups excluding tert-OH is 1. The number of carbonyl (C=O) groups is 1. The molecule has 1 radical (unpaired) electrons. The van der Waals surface area contributed by atoms with E-state index in [9.17, 15) is 14.7 Å². The normalized spacial score (nSPS) is 13.3. The molecule has 0 amide bonds. The topological polar surface area (TPSA) is 54.4 Å². The lowest BCUT2D eigenvalue weighted by molar-refractivity contribution is 0.0679. The largest absolute Gasteiger partial charge is 0.385 e.